The minimum Gasteiger partial charge on any atom is -0.353 e. The van der Waals surface area contributed by atoms with Gasteiger partial charge in [0.25, 0.3) is 0 Å². The molecule has 3 rings (SSSR count). The molecule has 1 saturated carbocycles. The highest BCUT2D eigenvalue weighted by Crippen LogP contribution is 2.41. The fourth-order valence-electron chi connectivity index (χ4n) is 4.57. The highest BCUT2D eigenvalue weighted by atomic mass is 16.2. The zero-order valence-corrected chi connectivity index (χ0v) is 16.3. The molecule has 0 heterocycles. The number of amides is 1. The molecule has 1 aliphatic rings. The van der Waals surface area contributed by atoms with Gasteiger partial charge in [0, 0.05) is 6.04 Å². The molecule has 26 heavy (non-hydrogen) atoms. The first-order valence-corrected chi connectivity index (χ1v) is 9.86. The summed E-state index contributed by atoms with van der Waals surface area (Å²) in [6.45, 7) is 6.65. The van der Waals surface area contributed by atoms with Gasteiger partial charge in [0.2, 0.25) is 5.91 Å². The third kappa shape index (κ3) is 3.85. The van der Waals surface area contributed by atoms with E-state index >= 15 is 0 Å². The van der Waals surface area contributed by atoms with Gasteiger partial charge in [-0.25, -0.2) is 0 Å². The fraction of sp³-hybridized carbons (Fsp3) is 0.458. The normalized spacial score (nSPS) is 17.7. The summed E-state index contributed by atoms with van der Waals surface area (Å²) in [6, 6.07) is 21.1. The molecule has 0 unspecified atom stereocenters. The number of benzene rings is 2. The van der Waals surface area contributed by atoms with Crippen LogP contribution in [0.5, 0.6) is 0 Å². The number of carbonyl (C=O) groups is 1. The maximum Gasteiger partial charge on any atom is 0.230 e. The van der Waals surface area contributed by atoms with Crippen LogP contribution in [-0.2, 0) is 15.6 Å². The standard InChI is InChI=1S/C24H31NO/c1-19(18-23(2,3)20-12-6-4-7-13-20)25-22(26)24(16-10-11-17-24)21-14-8-5-9-15-21/h4-9,12-15,19H,10-11,16-18H2,1-3H3,(H,25,26)/t19-/m1/s1. The Labute approximate surface area is 158 Å². The van der Waals surface area contributed by atoms with E-state index in [2.05, 4.69) is 68.6 Å². The molecule has 2 aromatic carbocycles. The van der Waals surface area contributed by atoms with Crippen LogP contribution in [0.4, 0.5) is 0 Å². The Morgan fingerprint density at radius 2 is 1.54 bits per heavy atom. The largest absolute Gasteiger partial charge is 0.353 e. The first-order chi connectivity index (χ1) is 12.4. The van der Waals surface area contributed by atoms with Gasteiger partial charge in [-0.1, -0.05) is 87.4 Å². The van der Waals surface area contributed by atoms with Crippen molar-refractivity contribution < 1.29 is 4.79 Å². The second-order valence-electron chi connectivity index (χ2n) is 8.48. The van der Waals surface area contributed by atoms with Crippen LogP contribution in [0.2, 0.25) is 0 Å². The average Bonchev–Trinajstić information content (AvgIpc) is 3.14. The molecule has 0 radical (unpaired) electrons. The Kier molecular flexibility index (Phi) is 5.50. The van der Waals surface area contributed by atoms with Crippen LogP contribution in [0.1, 0.15) is 64.0 Å². The summed E-state index contributed by atoms with van der Waals surface area (Å²) in [7, 11) is 0. The topological polar surface area (TPSA) is 29.1 Å². The van der Waals surface area contributed by atoms with E-state index < -0.39 is 0 Å². The Hall–Kier alpha value is -2.09. The lowest BCUT2D eigenvalue weighted by molar-refractivity contribution is -0.127. The Morgan fingerprint density at radius 1 is 1.00 bits per heavy atom. The highest BCUT2D eigenvalue weighted by molar-refractivity contribution is 5.88. The van der Waals surface area contributed by atoms with Crippen molar-refractivity contribution in [1.29, 1.82) is 0 Å². The SMILES string of the molecule is C[C@H](CC(C)(C)c1ccccc1)NC(=O)C1(c2ccccc2)CCCC1. The maximum atomic E-state index is 13.3. The summed E-state index contributed by atoms with van der Waals surface area (Å²) in [5.74, 6) is 0.206. The fourth-order valence-corrected chi connectivity index (χ4v) is 4.57. The number of rotatable bonds is 6. The van der Waals surface area contributed by atoms with Crippen LogP contribution in [-0.4, -0.2) is 11.9 Å². The van der Waals surface area contributed by atoms with Crippen LogP contribution in [0.3, 0.4) is 0 Å². The van der Waals surface area contributed by atoms with Gasteiger partial charge >= 0.3 is 0 Å². The molecule has 1 aliphatic carbocycles. The van der Waals surface area contributed by atoms with Crippen LogP contribution < -0.4 is 5.32 Å². The molecule has 2 heteroatoms. The predicted octanol–water partition coefficient (Wildman–Crippen LogP) is 5.37. The summed E-state index contributed by atoms with van der Waals surface area (Å²) in [5, 5.41) is 3.35. The summed E-state index contributed by atoms with van der Waals surface area (Å²) in [5.41, 5.74) is 2.18. The Morgan fingerprint density at radius 3 is 2.12 bits per heavy atom. The van der Waals surface area contributed by atoms with E-state index in [1.54, 1.807) is 0 Å². The van der Waals surface area contributed by atoms with Crippen molar-refractivity contribution in [3.8, 4) is 0 Å². The molecule has 1 N–H and O–H groups in total. The molecular weight excluding hydrogens is 318 g/mol. The van der Waals surface area contributed by atoms with Crippen LogP contribution >= 0.6 is 0 Å². The number of hydrogen-bond acceptors (Lipinski definition) is 1. The quantitative estimate of drug-likeness (QED) is 0.746. The number of carbonyl (C=O) groups excluding carboxylic acids is 1. The summed E-state index contributed by atoms with van der Waals surface area (Å²) < 4.78 is 0. The first kappa shape index (κ1) is 18.7. The van der Waals surface area contributed by atoms with Crippen LogP contribution in [0.25, 0.3) is 0 Å². The lowest BCUT2D eigenvalue weighted by Crippen LogP contribution is -2.47. The van der Waals surface area contributed by atoms with E-state index in [4.69, 9.17) is 0 Å². The predicted molar refractivity (Wildman–Crippen MR) is 108 cm³/mol. The molecular formula is C24H31NO. The minimum atomic E-state index is -0.341. The molecule has 2 aromatic rings. The molecule has 0 aliphatic heterocycles. The van der Waals surface area contributed by atoms with E-state index in [-0.39, 0.29) is 22.8 Å². The van der Waals surface area contributed by atoms with Crippen molar-refractivity contribution in [3.63, 3.8) is 0 Å². The third-order valence-corrected chi connectivity index (χ3v) is 5.97. The van der Waals surface area contributed by atoms with Crippen molar-refractivity contribution in [2.24, 2.45) is 0 Å². The van der Waals surface area contributed by atoms with E-state index in [0.717, 1.165) is 32.1 Å². The summed E-state index contributed by atoms with van der Waals surface area (Å²) >= 11 is 0. The molecule has 0 saturated heterocycles. The third-order valence-electron chi connectivity index (χ3n) is 5.97. The molecule has 0 bridgehead atoms. The van der Waals surface area contributed by atoms with Crippen molar-refractivity contribution in [2.75, 3.05) is 0 Å². The first-order valence-electron chi connectivity index (χ1n) is 9.86. The Bertz CT molecular complexity index is 714. The van der Waals surface area contributed by atoms with Gasteiger partial charge < -0.3 is 5.32 Å². The second kappa shape index (κ2) is 7.65. The highest BCUT2D eigenvalue weighted by Gasteiger charge is 2.43. The van der Waals surface area contributed by atoms with Crippen molar-refractivity contribution in [1.82, 2.24) is 5.32 Å². The maximum absolute atomic E-state index is 13.3. The lowest BCUT2D eigenvalue weighted by Gasteiger charge is -2.33. The second-order valence-corrected chi connectivity index (χ2v) is 8.48. The van der Waals surface area contributed by atoms with Crippen LogP contribution in [0.15, 0.2) is 60.7 Å². The summed E-state index contributed by atoms with van der Waals surface area (Å²) in [4.78, 5) is 13.3. The molecule has 2 nitrogen and oxygen atoms in total. The zero-order valence-electron chi connectivity index (χ0n) is 16.3. The molecule has 1 atom stereocenters. The van der Waals surface area contributed by atoms with Gasteiger partial charge in [-0.3, -0.25) is 4.79 Å². The molecule has 1 amide bonds. The van der Waals surface area contributed by atoms with Gasteiger partial charge in [-0.05, 0) is 42.7 Å². The average molecular weight is 350 g/mol. The van der Waals surface area contributed by atoms with E-state index in [0.29, 0.717) is 0 Å². The molecule has 138 valence electrons. The number of hydrogen-bond donors (Lipinski definition) is 1. The summed E-state index contributed by atoms with van der Waals surface area (Å²) in [6.07, 6.45) is 5.10. The van der Waals surface area contributed by atoms with Gasteiger partial charge in [-0.15, -0.1) is 0 Å². The van der Waals surface area contributed by atoms with Crippen molar-refractivity contribution in [2.45, 2.75) is 69.7 Å². The van der Waals surface area contributed by atoms with Gasteiger partial charge in [0.05, 0.1) is 5.41 Å². The van der Waals surface area contributed by atoms with Gasteiger partial charge in [0.1, 0.15) is 0 Å². The van der Waals surface area contributed by atoms with E-state index in [1.165, 1.54) is 11.1 Å². The van der Waals surface area contributed by atoms with Crippen molar-refractivity contribution >= 4 is 5.91 Å². The lowest BCUT2D eigenvalue weighted by atomic mass is 9.76. The van der Waals surface area contributed by atoms with Crippen molar-refractivity contribution in [3.05, 3.63) is 71.8 Å². The van der Waals surface area contributed by atoms with Crippen LogP contribution in [0, 0.1) is 0 Å². The molecule has 1 fully saturated rings. The molecule has 0 spiro atoms. The minimum absolute atomic E-state index is 0.0313. The Balaban J connectivity index is 1.72. The smallest absolute Gasteiger partial charge is 0.230 e. The van der Waals surface area contributed by atoms with E-state index in [9.17, 15) is 4.79 Å². The monoisotopic (exact) mass is 349 g/mol. The van der Waals surface area contributed by atoms with E-state index in [1.807, 2.05) is 18.2 Å². The molecule has 0 aromatic heterocycles. The number of nitrogens with one attached hydrogen (secondary N) is 1. The zero-order chi connectivity index (χ0) is 18.6. The van der Waals surface area contributed by atoms with Gasteiger partial charge in [0.15, 0.2) is 0 Å². The van der Waals surface area contributed by atoms with Gasteiger partial charge in [-0.2, -0.15) is 0 Å².